The third-order valence-corrected chi connectivity index (χ3v) is 3.45. The van der Waals surface area contributed by atoms with Gasteiger partial charge < -0.3 is 13.9 Å². The zero-order chi connectivity index (χ0) is 18.8. The van der Waals surface area contributed by atoms with Crippen molar-refractivity contribution >= 4 is 16.9 Å². The fourth-order valence-corrected chi connectivity index (χ4v) is 2.37. The Morgan fingerprint density at radius 1 is 1.24 bits per heavy atom. The van der Waals surface area contributed by atoms with Crippen LogP contribution in [-0.4, -0.2) is 19.2 Å². The highest BCUT2D eigenvalue weighted by atomic mass is 19.4. The lowest BCUT2D eigenvalue weighted by molar-refractivity contribution is -0.149. The van der Waals surface area contributed by atoms with Gasteiger partial charge in [0.25, 0.3) is 0 Å². The van der Waals surface area contributed by atoms with Gasteiger partial charge in [0.15, 0.2) is 6.10 Å². The lowest BCUT2D eigenvalue weighted by atomic mass is 10.1. The summed E-state index contributed by atoms with van der Waals surface area (Å²) in [5, 5.41) is -0.266. The predicted octanol–water partition coefficient (Wildman–Crippen LogP) is 3.78. The summed E-state index contributed by atoms with van der Waals surface area (Å²) < 4.78 is 54.1. The van der Waals surface area contributed by atoms with Gasteiger partial charge in [0.1, 0.15) is 11.3 Å². The SMILES string of the molecule is COC(=O)C(CC(C)C)Oc1ccc2c(C(F)(F)F)cc(=O)oc2c1. The predicted molar refractivity (Wildman–Crippen MR) is 83.4 cm³/mol. The maximum atomic E-state index is 13.0. The number of carbonyl (C=O) groups excluding carboxylic acids is 1. The number of esters is 1. The molecule has 25 heavy (non-hydrogen) atoms. The van der Waals surface area contributed by atoms with E-state index in [-0.39, 0.29) is 22.6 Å². The van der Waals surface area contributed by atoms with Crippen molar-refractivity contribution in [2.45, 2.75) is 32.5 Å². The van der Waals surface area contributed by atoms with E-state index in [2.05, 4.69) is 4.74 Å². The van der Waals surface area contributed by atoms with Crippen LogP contribution < -0.4 is 10.4 Å². The number of alkyl halides is 3. The van der Waals surface area contributed by atoms with E-state index >= 15 is 0 Å². The average molecular weight is 358 g/mol. The molecule has 0 aliphatic carbocycles. The molecular formula is C17H17F3O5. The Balaban J connectivity index is 2.44. The molecule has 5 nitrogen and oxygen atoms in total. The van der Waals surface area contributed by atoms with Crippen molar-refractivity contribution in [3.63, 3.8) is 0 Å². The van der Waals surface area contributed by atoms with Crippen LogP contribution in [0.5, 0.6) is 5.75 Å². The van der Waals surface area contributed by atoms with E-state index < -0.39 is 29.4 Å². The first-order chi connectivity index (χ1) is 11.6. The van der Waals surface area contributed by atoms with E-state index in [0.29, 0.717) is 12.5 Å². The van der Waals surface area contributed by atoms with E-state index in [1.807, 2.05) is 13.8 Å². The minimum absolute atomic E-state index is 0.103. The second kappa shape index (κ2) is 7.16. The van der Waals surface area contributed by atoms with Crippen LogP contribution in [0.15, 0.2) is 33.5 Å². The molecule has 0 saturated carbocycles. The average Bonchev–Trinajstić information content (AvgIpc) is 2.51. The van der Waals surface area contributed by atoms with E-state index in [1.165, 1.54) is 13.2 Å². The third kappa shape index (κ3) is 4.52. The largest absolute Gasteiger partial charge is 0.479 e. The van der Waals surface area contributed by atoms with Crippen LogP contribution >= 0.6 is 0 Å². The molecule has 1 heterocycles. The number of ether oxygens (including phenoxy) is 2. The van der Waals surface area contributed by atoms with Gasteiger partial charge in [-0.05, 0) is 24.5 Å². The van der Waals surface area contributed by atoms with Gasteiger partial charge in [0.05, 0.1) is 12.7 Å². The summed E-state index contributed by atoms with van der Waals surface area (Å²) in [7, 11) is 1.22. The van der Waals surface area contributed by atoms with Crippen LogP contribution in [0.2, 0.25) is 0 Å². The number of benzene rings is 1. The molecule has 0 spiro atoms. The molecule has 0 amide bonds. The van der Waals surface area contributed by atoms with Crippen LogP contribution in [0, 0.1) is 5.92 Å². The molecule has 1 unspecified atom stereocenters. The minimum Gasteiger partial charge on any atom is -0.479 e. The summed E-state index contributed by atoms with van der Waals surface area (Å²) in [5.41, 5.74) is -2.48. The summed E-state index contributed by atoms with van der Waals surface area (Å²) in [6.07, 6.45) is -5.25. The van der Waals surface area contributed by atoms with Crippen molar-refractivity contribution in [1.29, 1.82) is 0 Å². The van der Waals surface area contributed by atoms with Gasteiger partial charge in [0.2, 0.25) is 0 Å². The zero-order valence-electron chi connectivity index (χ0n) is 13.8. The number of fused-ring (bicyclic) bond motifs is 1. The third-order valence-electron chi connectivity index (χ3n) is 3.45. The first-order valence-corrected chi connectivity index (χ1v) is 7.51. The molecule has 2 rings (SSSR count). The lowest BCUT2D eigenvalue weighted by Crippen LogP contribution is -2.30. The summed E-state index contributed by atoms with van der Waals surface area (Å²) in [6, 6.07) is 3.98. The lowest BCUT2D eigenvalue weighted by Gasteiger charge is -2.19. The molecule has 0 aliphatic heterocycles. The Kier molecular flexibility index (Phi) is 5.39. The van der Waals surface area contributed by atoms with Crippen LogP contribution in [0.25, 0.3) is 11.0 Å². The van der Waals surface area contributed by atoms with Crippen LogP contribution in [0.1, 0.15) is 25.8 Å². The van der Waals surface area contributed by atoms with E-state index in [9.17, 15) is 22.8 Å². The molecule has 1 atom stereocenters. The molecule has 1 aromatic carbocycles. The summed E-state index contributed by atoms with van der Waals surface area (Å²) in [5.74, 6) is -0.371. The zero-order valence-corrected chi connectivity index (χ0v) is 13.8. The van der Waals surface area contributed by atoms with Gasteiger partial charge in [-0.3, -0.25) is 0 Å². The standard InChI is InChI=1S/C17H17F3O5/c1-9(2)6-14(16(22)23-3)24-10-4-5-11-12(17(18,19)20)8-15(21)25-13(11)7-10/h4-5,7-9,14H,6H2,1-3H3. The van der Waals surface area contributed by atoms with Gasteiger partial charge in [0, 0.05) is 17.5 Å². The molecule has 0 N–H and O–H groups in total. The fourth-order valence-electron chi connectivity index (χ4n) is 2.37. The van der Waals surface area contributed by atoms with Crippen molar-refractivity contribution in [3.8, 4) is 5.75 Å². The number of hydrogen-bond acceptors (Lipinski definition) is 5. The summed E-state index contributed by atoms with van der Waals surface area (Å²) in [4.78, 5) is 23.2. The second-order valence-electron chi connectivity index (χ2n) is 5.89. The highest BCUT2D eigenvalue weighted by molar-refractivity contribution is 5.82. The van der Waals surface area contributed by atoms with Crippen molar-refractivity contribution in [1.82, 2.24) is 0 Å². The highest BCUT2D eigenvalue weighted by Gasteiger charge is 2.34. The molecule has 136 valence electrons. The van der Waals surface area contributed by atoms with Gasteiger partial charge in [-0.2, -0.15) is 13.2 Å². The smallest absolute Gasteiger partial charge is 0.417 e. The number of halogens is 3. The fraction of sp³-hybridized carbons (Fsp3) is 0.412. The molecule has 0 saturated heterocycles. The van der Waals surface area contributed by atoms with Crippen LogP contribution in [-0.2, 0) is 15.7 Å². The second-order valence-corrected chi connectivity index (χ2v) is 5.89. The van der Waals surface area contributed by atoms with Gasteiger partial charge >= 0.3 is 17.8 Å². The topological polar surface area (TPSA) is 65.7 Å². The van der Waals surface area contributed by atoms with Crippen molar-refractivity contribution in [3.05, 3.63) is 40.2 Å². The molecule has 8 heteroatoms. The van der Waals surface area contributed by atoms with Crippen molar-refractivity contribution < 1.29 is 31.9 Å². The molecule has 0 radical (unpaired) electrons. The quantitative estimate of drug-likeness (QED) is 0.601. The number of hydrogen-bond donors (Lipinski definition) is 0. The molecule has 0 bridgehead atoms. The van der Waals surface area contributed by atoms with E-state index in [0.717, 1.165) is 12.1 Å². The molecule has 1 aromatic heterocycles. The first-order valence-electron chi connectivity index (χ1n) is 7.51. The Morgan fingerprint density at radius 3 is 2.48 bits per heavy atom. The molecule has 2 aromatic rings. The van der Waals surface area contributed by atoms with E-state index in [1.54, 1.807) is 0 Å². The Morgan fingerprint density at radius 2 is 1.92 bits per heavy atom. The first kappa shape index (κ1) is 18.8. The molecular weight excluding hydrogens is 341 g/mol. The van der Waals surface area contributed by atoms with E-state index in [4.69, 9.17) is 9.15 Å². The Hall–Kier alpha value is -2.51. The Bertz CT molecular complexity index is 823. The van der Waals surface area contributed by atoms with Crippen molar-refractivity contribution in [2.24, 2.45) is 5.92 Å². The Labute approximate surface area is 141 Å². The maximum Gasteiger partial charge on any atom is 0.417 e. The van der Waals surface area contributed by atoms with Gasteiger partial charge in [-0.1, -0.05) is 13.8 Å². The summed E-state index contributed by atoms with van der Waals surface area (Å²) >= 11 is 0. The van der Waals surface area contributed by atoms with Crippen LogP contribution in [0.3, 0.4) is 0 Å². The number of carbonyl (C=O) groups is 1. The van der Waals surface area contributed by atoms with Crippen LogP contribution in [0.4, 0.5) is 13.2 Å². The monoisotopic (exact) mass is 358 g/mol. The number of methoxy groups -OCH3 is 1. The normalized spacial score (nSPS) is 13.1. The summed E-state index contributed by atoms with van der Waals surface area (Å²) in [6.45, 7) is 3.77. The van der Waals surface area contributed by atoms with Gasteiger partial charge in [-0.15, -0.1) is 0 Å². The van der Waals surface area contributed by atoms with Gasteiger partial charge in [-0.25, -0.2) is 9.59 Å². The highest BCUT2D eigenvalue weighted by Crippen LogP contribution is 2.35. The van der Waals surface area contributed by atoms with Crippen molar-refractivity contribution in [2.75, 3.05) is 7.11 Å². The number of rotatable bonds is 5. The molecule has 0 fully saturated rings. The minimum atomic E-state index is -4.69. The molecule has 0 aliphatic rings. The maximum absolute atomic E-state index is 13.0.